The Morgan fingerprint density at radius 1 is 0.477 bits per heavy atom. The van der Waals surface area contributed by atoms with Crippen LogP contribution in [0.5, 0.6) is 0 Å². The second-order valence-corrected chi connectivity index (χ2v) is 15.0. The SMILES string of the molecule is O=C(N[C@@H](N(Cc1ccccc1)Cc1ccccc1)C(Cl)(Cl)Cl)N[C@@H](N(Cc1ccccc1)Cc1ccccc1)C(Cl)(Cl)Cl. The highest BCUT2D eigenvalue weighted by Gasteiger charge is 2.42. The lowest BCUT2D eigenvalue weighted by Gasteiger charge is -2.39. The topological polar surface area (TPSA) is 47.6 Å². The fraction of sp³-hybridized carbons (Fsp3) is 0.242. The molecule has 0 saturated carbocycles. The van der Waals surface area contributed by atoms with Crippen molar-refractivity contribution in [3.05, 3.63) is 144 Å². The zero-order valence-electron chi connectivity index (χ0n) is 23.6. The molecule has 0 aliphatic carbocycles. The van der Waals surface area contributed by atoms with Crippen molar-refractivity contribution < 1.29 is 4.79 Å². The van der Waals surface area contributed by atoms with E-state index < -0.39 is 25.9 Å². The van der Waals surface area contributed by atoms with Crippen molar-refractivity contribution in [2.75, 3.05) is 0 Å². The normalized spacial score (nSPS) is 13.5. The van der Waals surface area contributed by atoms with Crippen LogP contribution < -0.4 is 10.6 Å². The van der Waals surface area contributed by atoms with Crippen LogP contribution in [0.25, 0.3) is 0 Å². The fourth-order valence-corrected chi connectivity index (χ4v) is 5.95. The van der Waals surface area contributed by atoms with E-state index in [0.29, 0.717) is 26.2 Å². The average Bonchev–Trinajstić information content (AvgIpc) is 2.99. The quantitative estimate of drug-likeness (QED) is 0.114. The third-order valence-corrected chi connectivity index (χ3v) is 8.04. The van der Waals surface area contributed by atoms with Gasteiger partial charge in [0.25, 0.3) is 0 Å². The largest absolute Gasteiger partial charge is 0.318 e. The molecule has 0 fully saturated rings. The third-order valence-electron chi connectivity index (χ3n) is 6.80. The maximum absolute atomic E-state index is 13.7. The first-order valence-electron chi connectivity index (χ1n) is 13.8. The molecule has 0 bridgehead atoms. The zero-order valence-corrected chi connectivity index (χ0v) is 28.1. The van der Waals surface area contributed by atoms with Crippen LogP contribution in [0.4, 0.5) is 4.79 Å². The number of halogens is 6. The lowest BCUT2D eigenvalue weighted by atomic mass is 10.1. The highest BCUT2D eigenvalue weighted by molar-refractivity contribution is 6.68. The number of nitrogens with one attached hydrogen (secondary N) is 2. The number of hydrogen-bond acceptors (Lipinski definition) is 3. The van der Waals surface area contributed by atoms with Gasteiger partial charge in [-0.3, -0.25) is 9.80 Å². The Labute approximate surface area is 288 Å². The minimum atomic E-state index is -1.91. The highest BCUT2D eigenvalue weighted by Crippen LogP contribution is 2.35. The van der Waals surface area contributed by atoms with Gasteiger partial charge in [-0.05, 0) is 22.3 Å². The molecular weight excluding hydrogens is 681 g/mol. The predicted molar refractivity (Wildman–Crippen MR) is 184 cm³/mol. The smallest absolute Gasteiger partial charge is 0.317 e. The first-order chi connectivity index (χ1) is 21.0. The number of urea groups is 1. The predicted octanol–water partition coefficient (Wildman–Crippen LogP) is 9.08. The van der Waals surface area contributed by atoms with Crippen molar-refractivity contribution in [1.29, 1.82) is 0 Å². The summed E-state index contributed by atoms with van der Waals surface area (Å²) in [6, 6.07) is 38.2. The van der Waals surface area contributed by atoms with E-state index in [1.807, 2.05) is 131 Å². The summed E-state index contributed by atoms with van der Waals surface area (Å²) in [5.41, 5.74) is 3.89. The number of carbonyl (C=O) groups excluding carboxylic acids is 1. The van der Waals surface area contributed by atoms with Gasteiger partial charge in [-0.15, -0.1) is 0 Å². The van der Waals surface area contributed by atoms with Gasteiger partial charge in [0.15, 0.2) is 0 Å². The highest BCUT2D eigenvalue weighted by atomic mass is 35.6. The lowest BCUT2D eigenvalue weighted by Crippen LogP contribution is -2.62. The summed E-state index contributed by atoms with van der Waals surface area (Å²) in [6.07, 6.45) is -2.11. The molecule has 232 valence electrons. The molecule has 0 saturated heterocycles. The summed E-state index contributed by atoms with van der Waals surface area (Å²) in [5.74, 6) is 0. The maximum Gasteiger partial charge on any atom is 0.317 e. The van der Waals surface area contributed by atoms with E-state index in [4.69, 9.17) is 69.6 Å². The van der Waals surface area contributed by atoms with E-state index in [0.717, 1.165) is 22.3 Å². The Morgan fingerprint density at radius 2 is 0.705 bits per heavy atom. The van der Waals surface area contributed by atoms with Gasteiger partial charge in [-0.25, -0.2) is 4.79 Å². The van der Waals surface area contributed by atoms with Crippen LogP contribution in [0.3, 0.4) is 0 Å². The van der Waals surface area contributed by atoms with Gasteiger partial charge in [0.1, 0.15) is 12.3 Å². The third kappa shape index (κ3) is 11.0. The number of nitrogens with zero attached hydrogens (tertiary/aromatic N) is 2. The first-order valence-corrected chi connectivity index (χ1v) is 16.1. The van der Waals surface area contributed by atoms with Gasteiger partial charge in [0.2, 0.25) is 7.59 Å². The number of alkyl halides is 6. The summed E-state index contributed by atoms with van der Waals surface area (Å²) in [6.45, 7) is 1.54. The van der Waals surface area contributed by atoms with Crippen LogP contribution in [-0.4, -0.2) is 35.7 Å². The van der Waals surface area contributed by atoms with E-state index in [1.54, 1.807) is 0 Å². The molecule has 0 unspecified atom stereocenters. The number of carbonyl (C=O) groups is 1. The maximum atomic E-state index is 13.7. The standard InChI is InChI=1S/C33H32Cl6N4O/c34-32(35,36)29(42(21-25-13-5-1-6-14-25)22-26-15-7-2-8-16-26)40-31(44)41-30(33(37,38)39)43(23-27-17-9-3-10-18-27)24-28-19-11-4-12-20-28/h1-20,29-30H,21-24H2,(H2,40,41,44)/t29-,30-/m0/s1. The molecular formula is C33H32Cl6N4O. The van der Waals surface area contributed by atoms with Crippen LogP contribution in [0.1, 0.15) is 22.3 Å². The molecule has 0 aliphatic rings. The van der Waals surface area contributed by atoms with E-state index in [2.05, 4.69) is 10.6 Å². The molecule has 0 heterocycles. The molecule has 5 nitrogen and oxygen atoms in total. The molecule has 44 heavy (non-hydrogen) atoms. The van der Waals surface area contributed by atoms with E-state index in [9.17, 15) is 4.79 Å². The van der Waals surface area contributed by atoms with Crippen LogP contribution in [0.2, 0.25) is 0 Å². The van der Waals surface area contributed by atoms with Gasteiger partial charge in [-0.1, -0.05) is 191 Å². The van der Waals surface area contributed by atoms with Gasteiger partial charge < -0.3 is 10.6 Å². The van der Waals surface area contributed by atoms with Crippen LogP contribution in [0, 0.1) is 0 Å². The molecule has 11 heteroatoms. The Kier molecular flexibility index (Phi) is 12.9. The van der Waals surface area contributed by atoms with E-state index >= 15 is 0 Å². The summed E-state index contributed by atoms with van der Waals surface area (Å²) < 4.78 is -3.83. The number of hydrogen-bond donors (Lipinski definition) is 2. The van der Waals surface area contributed by atoms with Gasteiger partial charge in [0, 0.05) is 26.2 Å². The zero-order chi connectivity index (χ0) is 31.6. The minimum Gasteiger partial charge on any atom is -0.318 e. The molecule has 2 amide bonds. The van der Waals surface area contributed by atoms with Crippen molar-refractivity contribution in [2.24, 2.45) is 0 Å². The Hall–Kier alpha value is -2.19. The second kappa shape index (κ2) is 16.4. The molecule has 2 N–H and O–H groups in total. The van der Waals surface area contributed by atoms with Crippen molar-refractivity contribution in [1.82, 2.24) is 20.4 Å². The minimum absolute atomic E-state index is 0.386. The Balaban J connectivity index is 1.61. The molecule has 0 aliphatic heterocycles. The summed E-state index contributed by atoms with van der Waals surface area (Å²) in [5, 5.41) is 5.72. The van der Waals surface area contributed by atoms with Gasteiger partial charge in [-0.2, -0.15) is 0 Å². The number of benzene rings is 4. The van der Waals surface area contributed by atoms with Crippen molar-refractivity contribution >= 4 is 75.6 Å². The molecule has 0 aromatic heterocycles. The summed E-state index contributed by atoms with van der Waals surface area (Å²) >= 11 is 39.2. The molecule has 2 atom stereocenters. The summed E-state index contributed by atoms with van der Waals surface area (Å²) in [7, 11) is 0. The Bertz CT molecular complexity index is 1230. The first kappa shape index (κ1) is 34.7. The summed E-state index contributed by atoms with van der Waals surface area (Å²) in [4.78, 5) is 17.5. The fourth-order valence-electron chi connectivity index (χ4n) is 4.80. The van der Waals surface area contributed by atoms with E-state index in [1.165, 1.54) is 0 Å². The Morgan fingerprint density at radius 3 is 0.909 bits per heavy atom. The molecule has 4 aromatic carbocycles. The van der Waals surface area contributed by atoms with Crippen molar-refractivity contribution in [3.63, 3.8) is 0 Å². The number of rotatable bonds is 12. The lowest BCUT2D eigenvalue weighted by molar-refractivity contribution is 0.130. The molecule has 0 radical (unpaired) electrons. The molecule has 4 aromatic rings. The van der Waals surface area contributed by atoms with Crippen LogP contribution in [0.15, 0.2) is 121 Å². The molecule has 4 rings (SSSR count). The van der Waals surface area contributed by atoms with Crippen LogP contribution in [-0.2, 0) is 26.2 Å². The average molecular weight is 713 g/mol. The van der Waals surface area contributed by atoms with Gasteiger partial charge in [0.05, 0.1) is 0 Å². The van der Waals surface area contributed by atoms with Crippen LogP contribution >= 0.6 is 69.6 Å². The van der Waals surface area contributed by atoms with Crippen molar-refractivity contribution in [3.8, 4) is 0 Å². The number of amides is 2. The second-order valence-electron chi connectivity index (χ2n) is 10.3. The van der Waals surface area contributed by atoms with Gasteiger partial charge >= 0.3 is 6.03 Å². The van der Waals surface area contributed by atoms with Crippen molar-refractivity contribution in [2.45, 2.75) is 46.1 Å². The molecule has 0 spiro atoms. The van der Waals surface area contributed by atoms with E-state index in [-0.39, 0.29) is 0 Å². The monoisotopic (exact) mass is 710 g/mol.